The van der Waals surface area contributed by atoms with Gasteiger partial charge in [0.1, 0.15) is 0 Å². The number of likely N-dealkylation sites (tertiary alicyclic amines) is 1. The molecule has 1 unspecified atom stereocenters. The first-order valence-corrected chi connectivity index (χ1v) is 8.03. The lowest BCUT2D eigenvalue weighted by Crippen LogP contribution is -2.52. The first kappa shape index (κ1) is 16.4. The second-order valence-corrected chi connectivity index (χ2v) is 6.73. The molecule has 24 heavy (non-hydrogen) atoms. The molecule has 1 atom stereocenters. The van der Waals surface area contributed by atoms with Crippen LogP contribution in [0.5, 0.6) is 0 Å². The summed E-state index contributed by atoms with van der Waals surface area (Å²) in [6.45, 7) is 5.60. The zero-order valence-electron chi connectivity index (χ0n) is 14.3. The third kappa shape index (κ3) is 3.41. The molecule has 128 valence electrons. The lowest BCUT2D eigenvalue weighted by Gasteiger charge is -2.43. The Bertz CT molecular complexity index is 698. The summed E-state index contributed by atoms with van der Waals surface area (Å²) in [5.74, 6) is 0. The highest BCUT2D eigenvalue weighted by Gasteiger charge is 2.37. The highest BCUT2D eigenvalue weighted by atomic mass is 16.5. The number of amides is 2. The molecule has 3 rings (SSSR count). The molecule has 7 nitrogen and oxygen atoms in total. The standard InChI is InChI=1S/C17H23N5O2/c1-17(2)12-21(9-6-15(17)24-3)16(23)20-13-10-19-22(11-13)14-4-7-18-8-5-14/h4-5,7-8,10-11,15H,6,9,12H2,1-3H3,(H,20,23). The van der Waals surface area contributed by atoms with E-state index >= 15 is 0 Å². The van der Waals surface area contributed by atoms with Gasteiger partial charge in [-0.1, -0.05) is 13.8 Å². The molecule has 2 amide bonds. The van der Waals surface area contributed by atoms with E-state index in [1.165, 1.54) is 0 Å². The third-order valence-corrected chi connectivity index (χ3v) is 4.46. The van der Waals surface area contributed by atoms with Crippen molar-refractivity contribution in [2.75, 3.05) is 25.5 Å². The number of hydrogen-bond acceptors (Lipinski definition) is 4. The Kier molecular flexibility index (Phi) is 4.53. The van der Waals surface area contributed by atoms with Crippen LogP contribution in [0.15, 0.2) is 36.9 Å². The van der Waals surface area contributed by atoms with Gasteiger partial charge in [-0.3, -0.25) is 4.98 Å². The average Bonchev–Trinajstić information content (AvgIpc) is 3.03. The van der Waals surface area contributed by atoms with Crippen LogP contribution < -0.4 is 5.32 Å². The van der Waals surface area contributed by atoms with Crippen molar-refractivity contribution in [3.63, 3.8) is 0 Å². The topological polar surface area (TPSA) is 72.3 Å². The van der Waals surface area contributed by atoms with Gasteiger partial charge in [0.05, 0.1) is 29.9 Å². The molecule has 1 aliphatic heterocycles. The molecule has 1 aliphatic rings. The van der Waals surface area contributed by atoms with Crippen LogP contribution in [0.1, 0.15) is 20.3 Å². The maximum Gasteiger partial charge on any atom is 0.321 e. The van der Waals surface area contributed by atoms with Gasteiger partial charge in [-0.25, -0.2) is 9.48 Å². The number of methoxy groups -OCH3 is 1. The van der Waals surface area contributed by atoms with Crippen molar-refractivity contribution < 1.29 is 9.53 Å². The summed E-state index contributed by atoms with van der Waals surface area (Å²) in [4.78, 5) is 18.3. The van der Waals surface area contributed by atoms with E-state index in [-0.39, 0.29) is 17.6 Å². The number of nitrogens with zero attached hydrogens (tertiary/aromatic N) is 4. The fraction of sp³-hybridized carbons (Fsp3) is 0.471. The second kappa shape index (κ2) is 6.60. The number of rotatable bonds is 3. The third-order valence-electron chi connectivity index (χ3n) is 4.46. The Morgan fingerprint density at radius 3 is 2.79 bits per heavy atom. The molecule has 0 aliphatic carbocycles. The molecule has 0 saturated carbocycles. The smallest absolute Gasteiger partial charge is 0.321 e. The number of pyridine rings is 1. The predicted octanol–water partition coefficient (Wildman–Crippen LogP) is 2.55. The lowest BCUT2D eigenvalue weighted by molar-refractivity contribution is -0.0394. The lowest BCUT2D eigenvalue weighted by atomic mass is 9.81. The predicted molar refractivity (Wildman–Crippen MR) is 91.1 cm³/mol. The molecule has 0 aromatic carbocycles. The maximum absolute atomic E-state index is 12.5. The minimum atomic E-state index is -0.105. The number of urea groups is 1. The fourth-order valence-corrected chi connectivity index (χ4v) is 3.17. The van der Waals surface area contributed by atoms with Crippen molar-refractivity contribution >= 4 is 11.7 Å². The first-order chi connectivity index (χ1) is 11.5. The number of nitrogens with one attached hydrogen (secondary N) is 1. The zero-order valence-corrected chi connectivity index (χ0v) is 14.3. The second-order valence-electron chi connectivity index (χ2n) is 6.73. The molecule has 1 fully saturated rings. The minimum absolute atomic E-state index is 0.0639. The van der Waals surface area contributed by atoms with Crippen LogP contribution in [-0.4, -0.2) is 52.0 Å². The molecule has 1 saturated heterocycles. The molecule has 3 heterocycles. The largest absolute Gasteiger partial charge is 0.381 e. The summed E-state index contributed by atoms with van der Waals surface area (Å²) in [6.07, 6.45) is 7.86. The van der Waals surface area contributed by atoms with Crippen LogP contribution in [0.2, 0.25) is 0 Å². The molecule has 1 N–H and O–H groups in total. The van der Waals surface area contributed by atoms with E-state index in [1.54, 1.807) is 36.6 Å². The summed E-state index contributed by atoms with van der Waals surface area (Å²) in [5, 5.41) is 7.19. The Morgan fingerprint density at radius 2 is 2.12 bits per heavy atom. The van der Waals surface area contributed by atoms with E-state index in [2.05, 4.69) is 29.2 Å². The quantitative estimate of drug-likeness (QED) is 0.939. The van der Waals surface area contributed by atoms with Gasteiger partial charge < -0.3 is 15.0 Å². The number of ether oxygens (including phenoxy) is 1. The normalized spacial score (nSPS) is 20.0. The molecule has 7 heteroatoms. The molecule has 2 aromatic heterocycles. The van der Waals surface area contributed by atoms with Gasteiger partial charge in [-0.15, -0.1) is 0 Å². The van der Waals surface area contributed by atoms with Crippen molar-refractivity contribution in [1.82, 2.24) is 19.7 Å². The molecule has 2 aromatic rings. The van der Waals surface area contributed by atoms with E-state index < -0.39 is 0 Å². The number of aromatic nitrogens is 3. The van der Waals surface area contributed by atoms with Crippen molar-refractivity contribution in [1.29, 1.82) is 0 Å². The van der Waals surface area contributed by atoms with E-state index in [4.69, 9.17) is 4.74 Å². The first-order valence-electron chi connectivity index (χ1n) is 8.03. The monoisotopic (exact) mass is 329 g/mol. The molecule has 0 radical (unpaired) electrons. The van der Waals surface area contributed by atoms with E-state index in [9.17, 15) is 4.79 Å². The Labute approximate surface area is 141 Å². The summed E-state index contributed by atoms with van der Waals surface area (Å²) >= 11 is 0. The van der Waals surface area contributed by atoms with Crippen molar-refractivity contribution in [3.05, 3.63) is 36.9 Å². The zero-order chi connectivity index (χ0) is 17.2. The Hall–Kier alpha value is -2.41. The van der Waals surface area contributed by atoms with Crippen LogP contribution in [0.4, 0.5) is 10.5 Å². The number of carbonyl (C=O) groups excluding carboxylic acids is 1. The SMILES string of the molecule is COC1CCN(C(=O)Nc2cnn(-c3ccncc3)c2)CC1(C)C. The van der Waals surface area contributed by atoms with E-state index in [0.29, 0.717) is 18.8 Å². The van der Waals surface area contributed by atoms with Crippen LogP contribution in [0.25, 0.3) is 5.69 Å². The van der Waals surface area contributed by atoms with Crippen molar-refractivity contribution in [3.8, 4) is 5.69 Å². The van der Waals surface area contributed by atoms with Gasteiger partial charge in [0.2, 0.25) is 0 Å². The van der Waals surface area contributed by atoms with Gasteiger partial charge >= 0.3 is 6.03 Å². The summed E-state index contributed by atoms with van der Waals surface area (Å²) < 4.78 is 7.23. The van der Waals surface area contributed by atoms with Gasteiger partial charge in [0, 0.05) is 38.0 Å². The van der Waals surface area contributed by atoms with E-state index in [1.807, 2.05) is 17.0 Å². The Morgan fingerprint density at radius 1 is 1.38 bits per heavy atom. The number of piperidine rings is 1. The number of anilines is 1. The summed E-state index contributed by atoms with van der Waals surface area (Å²) in [6, 6.07) is 3.61. The summed E-state index contributed by atoms with van der Waals surface area (Å²) in [5.41, 5.74) is 1.50. The van der Waals surface area contributed by atoms with Crippen LogP contribution >= 0.6 is 0 Å². The minimum Gasteiger partial charge on any atom is -0.381 e. The highest BCUT2D eigenvalue weighted by Crippen LogP contribution is 2.31. The number of hydrogen-bond donors (Lipinski definition) is 1. The van der Waals surface area contributed by atoms with Crippen molar-refractivity contribution in [2.24, 2.45) is 5.41 Å². The van der Waals surface area contributed by atoms with Gasteiger partial charge in [0.25, 0.3) is 0 Å². The molecular formula is C17H23N5O2. The molecule has 0 bridgehead atoms. The maximum atomic E-state index is 12.5. The van der Waals surface area contributed by atoms with Crippen LogP contribution in [0.3, 0.4) is 0 Å². The Balaban J connectivity index is 1.65. The van der Waals surface area contributed by atoms with Gasteiger partial charge in [0.15, 0.2) is 0 Å². The van der Waals surface area contributed by atoms with Crippen LogP contribution in [0, 0.1) is 5.41 Å². The fourth-order valence-electron chi connectivity index (χ4n) is 3.17. The van der Waals surface area contributed by atoms with Crippen LogP contribution in [-0.2, 0) is 4.74 Å². The van der Waals surface area contributed by atoms with Crippen molar-refractivity contribution in [2.45, 2.75) is 26.4 Å². The highest BCUT2D eigenvalue weighted by molar-refractivity contribution is 5.89. The molecule has 0 spiro atoms. The van der Waals surface area contributed by atoms with Gasteiger partial charge in [-0.05, 0) is 18.6 Å². The van der Waals surface area contributed by atoms with Gasteiger partial charge in [-0.2, -0.15) is 5.10 Å². The molecular weight excluding hydrogens is 306 g/mol. The van der Waals surface area contributed by atoms with E-state index in [0.717, 1.165) is 12.1 Å². The summed E-state index contributed by atoms with van der Waals surface area (Å²) in [7, 11) is 1.73. The number of carbonyl (C=O) groups is 1. The average molecular weight is 329 g/mol.